The van der Waals surface area contributed by atoms with E-state index in [1.165, 1.54) is 5.56 Å². The third-order valence-electron chi connectivity index (χ3n) is 3.29. The summed E-state index contributed by atoms with van der Waals surface area (Å²) in [5, 5.41) is 1.16. The number of nitrogens with zero attached hydrogens (tertiary/aromatic N) is 4. The van der Waals surface area contributed by atoms with Crippen LogP contribution >= 0.6 is 27.7 Å². The fourth-order valence-corrected chi connectivity index (χ4v) is 3.88. The highest BCUT2D eigenvalue weighted by molar-refractivity contribution is 9.10. The van der Waals surface area contributed by atoms with E-state index in [1.54, 1.807) is 6.33 Å². The van der Waals surface area contributed by atoms with Gasteiger partial charge in [0.25, 0.3) is 0 Å². The van der Waals surface area contributed by atoms with E-state index in [-0.39, 0.29) is 0 Å². The minimum absolute atomic E-state index is 0.321. The molecule has 4 nitrogen and oxygen atoms in total. The van der Waals surface area contributed by atoms with Gasteiger partial charge in [-0.15, -0.1) is 11.8 Å². The minimum Gasteiger partial charge on any atom is -0.317 e. The SMILES string of the molecule is Brc1ccc(C2CSc3c4ncnc-4ncn32)cc1. The molecule has 0 saturated carbocycles. The maximum atomic E-state index is 4.37. The highest BCUT2D eigenvalue weighted by Crippen LogP contribution is 2.41. The lowest BCUT2D eigenvalue weighted by Crippen LogP contribution is -2.10. The van der Waals surface area contributed by atoms with Crippen molar-refractivity contribution in [2.75, 3.05) is 5.75 Å². The third-order valence-corrected chi connectivity index (χ3v) is 4.98. The van der Waals surface area contributed by atoms with E-state index >= 15 is 0 Å². The maximum absolute atomic E-state index is 4.37. The molecule has 0 N–H and O–H groups in total. The monoisotopic (exact) mass is 332 g/mol. The topological polar surface area (TPSA) is 43.6 Å². The molecule has 0 fully saturated rings. The molecule has 0 saturated heterocycles. The molecule has 19 heavy (non-hydrogen) atoms. The molecular formula is C13H9BrN4S. The average molecular weight is 333 g/mol. The number of hydrogen-bond acceptors (Lipinski definition) is 4. The number of imidazole rings is 1. The first-order valence-electron chi connectivity index (χ1n) is 5.89. The zero-order chi connectivity index (χ0) is 12.8. The Balaban J connectivity index is 1.84. The zero-order valence-electron chi connectivity index (χ0n) is 9.82. The van der Waals surface area contributed by atoms with Crippen LogP contribution in [0.5, 0.6) is 0 Å². The number of hydrogen-bond donors (Lipinski definition) is 0. The Morgan fingerprint density at radius 3 is 2.84 bits per heavy atom. The van der Waals surface area contributed by atoms with Crippen molar-refractivity contribution in [2.24, 2.45) is 0 Å². The van der Waals surface area contributed by atoms with E-state index in [4.69, 9.17) is 0 Å². The Morgan fingerprint density at radius 1 is 1.16 bits per heavy atom. The van der Waals surface area contributed by atoms with Crippen LogP contribution in [0.25, 0.3) is 11.5 Å². The van der Waals surface area contributed by atoms with Crippen molar-refractivity contribution in [3.8, 4) is 11.5 Å². The highest BCUT2D eigenvalue weighted by Gasteiger charge is 2.28. The molecule has 4 rings (SSSR count). The summed E-state index contributed by atoms with van der Waals surface area (Å²) in [5.41, 5.74) is 2.20. The summed E-state index contributed by atoms with van der Waals surface area (Å²) < 4.78 is 3.30. The van der Waals surface area contributed by atoms with E-state index in [9.17, 15) is 0 Å². The van der Waals surface area contributed by atoms with Crippen LogP contribution in [-0.4, -0.2) is 25.3 Å². The molecule has 0 aromatic heterocycles. The van der Waals surface area contributed by atoms with Crippen molar-refractivity contribution < 1.29 is 0 Å². The first-order chi connectivity index (χ1) is 9.33. The predicted molar refractivity (Wildman–Crippen MR) is 77.4 cm³/mol. The lowest BCUT2D eigenvalue weighted by Gasteiger charge is -2.15. The number of benzene rings is 1. The molecule has 0 aliphatic carbocycles. The van der Waals surface area contributed by atoms with Gasteiger partial charge < -0.3 is 4.57 Å². The molecule has 3 heterocycles. The lowest BCUT2D eigenvalue weighted by molar-refractivity contribution is 0.603. The van der Waals surface area contributed by atoms with Gasteiger partial charge in [-0.1, -0.05) is 28.1 Å². The summed E-state index contributed by atoms with van der Waals surface area (Å²) in [7, 11) is 0. The molecule has 3 aliphatic rings. The summed E-state index contributed by atoms with van der Waals surface area (Å²) in [6.07, 6.45) is 3.45. The smallest absolute Gasteiger partial charge is 0.183 e. The average Bonchev–Trinajstić information content (AvgIpc) is 3.04. The van der Waals surface area contributed by atoms with Crippen LogP contribution in [0.3, 0.4) is 0 Å². The first-order valence-corrected chi connectivity index (χ1v) is 7.66. The fraction of sp³-hybridized carbons (Fsp3) is 0.154. The molecule has 6 heteroatoms. The van der Waals surface area contributed by atoms with Gasteiger partial charge in [0.1, 0.15) is 17.0 Å². The largest absolute Gasteiger partial charge is 0.317 e. The Morgan fingerprint density at radius 2 is 2.00 bits per heavy atom. The van der Waals surface area contributed by atoms with Gasteiger partial charge in [-0.25, -0.2) is 15.0 Å². The molecule has 0 bridgehead atoms. The number of halogens is 1. The number of rotatable bonds is 1. The summed E-state index contributed by atoms with van der Waals surface area (Å²) in [6, 6.07) is 8.78. The van der Waals surface area contributed by atoms with E-state index in [0.29, 0.717) is 6.04 Å². The van der Waals surface area contributed by atoms with E-state index < -0.39 is 0 Å². The highest BCUT2D eigenvalue weighted by atomic mass is 79.9. The molecule has 1 unspecified atom stereocenters. The van der Waals surface area contributed by atoms with Crippen LogP contribution in [-0.2, 0) is 0 Å². The van der Waals surface area contributed by atoms with Crippen LogP contribution in [0.4, 0.5) is 0 Å². The molecule has 1 atom stereocenters. The van der Waals surface area contributed by atoms with Gasteiger partial charge in [0.15, 0.2) is 5.82 Å². The quantitative estimate of drug-likeness (QED) is 0.641. The molecule has 0 spiro atoms. The number of thioether (sulfide) groups is 1. The van der Waals surface area contributed by atoms with Gasteiger partial charge >= 0.3 is 0 Å². The molecule has 3 aliphatic heterocycles. The molecule has 0 radical (unpaired) electrons. The Hall–Kier alpha value is -1.40. The second kappa shape index (κ2) is 4.31. The fourth-order valence-electron chi connectivity index (χ4n) is 2.34. The Bertz CT molecular complexity index is 709. The zero-order valence-corrected chi connectivity index (χ0v) is 12.2. The normalized spacial score (nSPS) is 17.8. The van der Waals surface area contributed by atoms with Crippen LogP contribution in [0, 0.1) is 0 Å². The molecule has 94 valence electrons. The van der Waals surface area contributed by atoms with Gasteiger partial charge in [-0.2, -0.15) is 0 Å². The van der Waals surface area contributed by atoms with Gasteiger partial charge in [0.05, 0.1) is 12.4 Å². The Labute approximate surface area is 122 Å². The van der Waals surface area contributed by atoms with Crippen molar-refractivity contribution in [1.82, 2.24) is 19.5 Å². The van der Waals surface area contributed by atoms with Gasteiger partial charge in [0, 0.05) is 10.2 Å². The molecule has 0 amide bonds. The van der Waals surface area contributed by atoms with Crippen LogP contribution in [0.15, 0.2) is 46.4 Å². The second-order valence-electron chi connectivity index (χ2n) is 4.38. The van der Waals surface area contributed by atoms with E-state index in [1.807, 2.05) is 18.1 Å². The van der Waals surface area contributed by atoms with Gasteiger partial charge in [-0.3, -0.25) is 0 Å². The van der Waals surface area contributed by atoms with E-state index in [2.05, 4.69) is 59.7 Å². The summed E-state index contributed by atoms with van der Waals surface area (Å²) in [4.78, 5) is 12.8. The minimum atomic E-state index is 0.321. The van der Waals surface area contributed by atoms with E-state index in [0.717, 1.165) is 26.8 Å². The van der Waals surface area contributed by atoms with Crippen molar-refractivity contribution >= 4 is 27.7 Å². The van der Waals surface area contributed by atoms with Crippen molar-refractivity contribution in [3.05, 3.63) is 47.0 Å². The van der Waals surface area contributed by atoms with Crippen molar-refractivity contribution in [1.29, 1.82) is 0 Å². The van der Waals surface area contributed by atoms with Crippen LogP contribution < -0.4 is 0 Å². The number of fused-ring (bicyclic) bond motifs is 3. The Kier molecular flexibility index (Phi) is 2.60. The van der Waals surface area contributed by atoms with Crippen LogP contribution in [0.2, 0.25) is 0 Å². The maximum Gasteiger partial charge on any atom is 0.183 e. The summed E-state index contributed by atoms with van der Waals surface area (Å²) in [5.74, 6) is 1.74. The number of aromatic nitrogens is 4. The van der Waals surface area contributed by atoms with Crippen LogP contribution in [0.1, 0.15) is 11.6 Å². The third kappa shape index (κ3) is 1.78. The summed E-state index contributed by atoms with van der Waals surface area (Å²) in [6.45, 7) is 0. The second-order valence-corrected chi connectivity index (χ2v) is 6.31. The predicted octanol–water partition coefficient (Wildman–Crippen LogP) is 3.24. The molecule has 1 aromatic rings. The van der Waals surface area contributed by atoms with Gasteiger partial charge in [-0.05, 0) is 17.7 Å². The molecule has 1 aromatic carbocycles. The van der Waals surface area contributed by atoms with Crippen molar-refractivity contribution in [3.63, 3.8) is 0 Å². The van der Waals surface area contributed by atoms with Crippen molar-refractivity contribution in [2.45, 2.75) is 11.1 Å². The molecular weight excluding hydrogens is 324 g/mol. The lowest BCUT2D eigenvalue weighted by atomic mass is 10.1. The first kappa shape index (κ1) is 11.4. The van der Waals surface area contributed by atoms with Gasteiger partial charge in [0.2, 0.25) is 0 Å². The summed E-state index contributed by atoms with van der Waals surface area (Å²) >= 11 is 5.29. The standard InChI is InChI=1S/C13H9BrN4S/c14-9-3-1-8(2-4-9)10-5-19-13-11-12(16-6-15-11)17-7-18(10)13/h1-4,6-7,10H,5H2.